The lowest BCUT2D eigenvalue weighted by Gasteiger charge is -2.01. The fourth-order valence-corrected chi connectivity index (χ4v) is 0.364. The van der Waals surface area contributed by atoms with Crippen LogP contribution in [0.4, 0.5) is 0 Å². The van der Waals surface area contributed by atoms with Crippen LogP contribution in [-0.2, 0) is 4.79 Å². The summed E-state index contributed by atoms with van der Waals surface area (Å²) in [6.45, 7) is 1.67. The van der Waals surface area contributed by atoms with Gasteiger partial charge in [0, 0.05) is 0 Å². The number of carbonyl (C=O) groups excluding carboxylic acids is 1. The Balaban J connectivity index is 3.46. The Morgan fingerprint density at radius 3 is 2.50 bits per heavy atom. The summed E-state index contributed by atoms with van der Waals surface area (Å²) >= 11 is 0. The van der Waals surface area contributed by atoms with E-state index in [9.17, 15) is 4.79 Å². The van der Waals surface area contributed by atoms with Crippen molar-refractivity contribution in [3.05, 3.63) is 0 Å². The molecule has 0 amide bonds. The summed E-state index contributed by atoms with van der Waals surface area (Å²) in [4.78, 5) is 10.4. The standard InChI is InChI=1S/C5H11NO2/c1-2-4(7)5(8)3-6/h4,7H,2-3,6H2,1H3. The van der Waals surface area contributed by atoms with E-state index in [0.717, 1.165) is 0 Å². The molecule has 0 aliphatic carbocycles. The third-order valence-electron chi connectivity index (χ3n) is 0.960. The molecule has 48 valence electrons. The molecule has 8 heavy (non-hydrogen) atoms. The van der Waals surface area contributed by atoms with E-state index in [1.807, 2.05) is 0 Å². The summed E-state index contributed by atoms with van der Waals surface area (Å²) in [7, 11) is 0. The van der Waals surface area contributed by atoms with Crippen molar-refractivity contribution in [1.82, 2.24) is 0 Å². The summed E-state index contributed by atoms with van der Waals surface area (Å²) in [6.07, 6.45) is -0.393. The zero-order valence-electron chi connectivity index (χ0n) is 4.92. The lowest BCUT2D eigenvalue weighted by molar-refractivity contribution is -0.125. The number of hydrogen-bond acceptors (Lipinski definition) is 3. The minimum Gasteiger partial charge on any atom is -0.385 e. The summed E-state index contributed by atoms with van der Waals surface area (Å²) in [5, 5.41) is 8.70. The molecule has 0 aliphatic rings. The molecule has 0 heterocycles. The normalized spacial score (nSPS) is 13.4. The first-order chi connectivity index (χ1) is 3.72. The minimum atomic E-state index is -0.847. The first kappa shape index (κ1) is 7.59. The van der Waals surface area contributed by atoms with E-state index in [4.69, 9.17) is 10.8 Å². The average Bonchev–Trinajstić information content (AvgIpc) is 1.84. The summed E-state index contributed by atoms with van der Waals surface area (Å²) in [5.74, 6) is -0.285. The highest BCUT2D eigenvalue weighted by Gasteiger charge is 2.08. The average molecular weight is 117 g/mol. The number of rotatable bonds is 3. The van der Waals surface area contributed by atoms with E-state index in [0.29, 0.717) is 6.42 Å². The number of aliphatic hydroxyl groups is 1. The van der Waals surface area contributed by atoms with Crippen molar-refractivity contribution >= 4 is 5.78 Å². The second-order valence-corrected chi connectivity index (χ2v) is 1.59. The van der Waals surface area contributed by atoms with Crippen molar-refractivity contribution in [2.45, 2.75) is 19.4 Å². The number of Topliss-reactive ketones (excluding diaryl/α,β-unsaturated/α-hetero) is 1. The maximum atomic E-state index is 10.4. The quantitative estimate of drug-likeness (QED) is 0.513. The topological polar surface area (TPSA) is 63.3 Å². The van der Waals surface area contributed by atoms with Crippen molar-refractivity contribution in [3.63, 3.8) is 0 Å². The molecule has 1 unspecified atom stereocenters. The van der Waals surface area contributed by atoms with Crippen LogP contribution in [0.5, 0.6) is 0 Å². The lowest BCUT2D eigenvalue weighted by Crippen LogP contribution is -2.26. The van der Waals surface area contributed by atoms with Crippen molar-refractivity contribution in [3.8, 4) is 0 Å². The number of hydrogen-bond donors (Lipinski definition) is 2. The van der Waals surface area contributed by atoms with Gasteiger partial charge in [-0.2, -0.15) is 0 Å². The summed E-state index contributed by atoms with van der Waals surface area (Å²) in [5.41, 5.74) is 4.94. The van der Waals surface area contributed by atoms with Crippen molar-refractivity contribution in [1.29, 1.82) is 0 Å². The number of aliphatic hydroxyl groups excluding tert-OH is 1. The van der Waals surface area contributed by atoms with E-state index in [1.165, 1.54) is 0 Å². The Morgan fingerprint density at radius 2 is 2.38 bits per heavy atom. The monoisotopic (exact) mass is 117 g/mol. The highest BCUT2D eigenvalue weighted by molar-refractivity contribution is 5.84. The molecule has 3 N–H and O–H groups in total. The predicted molar refractivity (Wildman–Crippen MR) is 30.4 cm³/mol. The van der Waals surface area contributed by atoms with E-state index in [-0.39, 0.29) is 12.3 Å². The molecule has 0 rings (SSSR count). The number of ketones is 1. The van der Waals surface area contributed by atoms with Crippen LogP contribution in [0.15, 0.2) is 0 Å². The van der Waals surface area contributed by atoms with E-state index < -0.39 is 6.10 Å². The molecule has 0 aromatic rings. The SMILES string of the molecule is CCC(O)C(=O)CN. The van der Waals surface area contributed by atoms with Crippen LogP contribution in [0.1, 0.15) is 13.3 Å². The second kappa shape index (κ2) is 3.57. The van der Waals surface area contributed by atoms with Crippen LogP contribution >= 0.6 is 0 Å². The molecule has 1 atom stereocenters. The molecule has 0 saturated heterocycles. The van der Waals surface area contributed by atoms with Gasteiger partial charge in [-0.05, 0) is 6.42 Å². The minimum absolute atomic E-state index is 0.0605. The van der Waals surface area contributed by atoms with Crippen LogP contribution in [0, 0.1) is 0 Å². The summed E-state index contributed by atoms with van der Waals surface area (Å²) < 4.78 is 0. The molecule has 0 saturated carbocycles. The Bertz CT molecular complexity index is 82.5. The van der Waals surface area contributed by atoms with Gasteiger partial charge in [0.15, 0.2) is 5.78 Å². The summed E-state index contributed by atoms with van der Waals surface area (Å²) in [6, 6.07) is 0. The molecule has 3 heteroatoms. The largest absolute Gasteiger partial charge is 0.385 e. The lowest BCUT2D eigenvalue weighted by atomic mass is 10.2. The van der Waals surface area contributed by atoms with Crippen molar-refractivity contribution in [2.75, 3.05) is 6.54 Å². The molecule has 0 aromatic heterocycles. The zero-order valence-corrected chi connectivity index (χ0v) is 4.92. The maximum Gasteiger partial charge on any atom is 0.174 e. The fraction of sp³-hybridized carbons (Fsp3) is 0.800. The predicted octanol–water partition coefficient (Wildman–Crippen LogP) is -0.715. The molecular weight excluding hydrogens is 106 g/mol. The molecule has 0 spiro atoms. The highest BCUT2D eigenvalue weighted by atomic mass is 16.3. The van der Waals surface area contributed by atoms with Gasteiger partial charge in [0.1, 0.15) is 6.10 Å². The third-order valence-corrected chi connectivity index (χ3v) is 0.960. The molecular formula is C5H11NO2. The van der Waals surface area contributed by atoms with Gasteiger partial charge < -0.3 is 10.8 Å². The molecule has 0 aromatic carbocycles. The van der Waals surface area contributed by atoms with Gasteiger partial charge in [0.2, 0.25) is 0 Å². The van der Waals surface area contributed by atoms with Gasteiger partial charge in [-0.1, -0.05) is 6.92 Å². The number of nitrogens with two attached hydrogens (primary N) is 1. The van der Waals surface area contributed by atoms with Gasteiger partial charge in [0.25, 0.3) is 0 Å². The van der Waals surface area contributed by atoms with Crippen LogP contribution in [0.25, 0.3) is 0 Å². The first-order valence-electron chi connectivity index (χ1n) is 2.63. The van der Waals surface area contributed by atoms with E-state index in [1.54, 1.807) is 6.92 Å². The Labute approximate surface area is 48.5 Å². The Morgan fingerprint density at radius 1 is 1.88 bits per heavy atom. The van der Waals surface area contributed by atoms with E-state index >= 15 is 0 Å². The van der Waals surface area contributed by atoms with Gasteiger partial charge in [-0.15, -0.1) is 0 Å². The maximum absolute atomic E-state index is 10.4. The van der Waals surface area contributed by atoms with Crippen LogP contribution < -0.4 is 5.73 Å². The van der Waals surface area contributed by atoms with Gasteiger partial charge in [0.05, 0.1) is 6.54 Å². The molecule has 0 aliphatic heterocycles. The Kier molecular flexibility index (Phi) is 3.39. The van der Waals surface area contributed by atoms with E-state index in [2.05, 4.69) is 0 Å². The zero-order chi connectivity index (χ0) is 6.57. The van der Waals surface area contributed by atoms with Crippen molar-refractivity contribution < 1.29 is 9.90 Å². The fourth-order valence-electron chi connectivity index (χ4n) is 0.364. The Hall–Kier alpha value is -0.410. The smallest absolute Gasteiger partial charge is 0.174 e. The van der Waals surface area contributed by atoms with Crippen molar-refractivity contribution in [2.24, 2.45) is 5.73 Å². The first-order valence-corrected chi connectivity index (χ1v) is 2.63. The number of carbonyl (C=O) groups is 1. The van der Waals surface area contributed by atoms with Gasteiger partial charge >= 0.3 is 0 Å². The highest BCUT2D eigenvalue weighted by Crippen LogP contribution is 1.88. The van der Waals surface area contributed by atoms with Crippen LogP contribution in [-0.4, -0.2) is 23.5 Å². The third kappa shape index (κ3) is 2.04. The van der Waals surface area contributed by atoms with Gasteiger partial charge in [-0.25, -0.2) is 0 Å². The molecule has 3 nitrogen and oxygen atoms in total. The molecule has 0 fully saturated rings. The van der Waals surface area contributed by atoms with Crippen LogP contribution in [0.3, 0.4) is 0 Å². The van der Waals surface area contributed by atoms with Gasteiger partial charge in [-0.3, -0.25) is 4.79 Å². The molecule has 0 bridgehead atoms. The molecule has 0 radical (unpaired) electrons. The second-order valence-electron chi connectivity index (χ2n) is 1.59. The van der Waals surface area contributed by atoms with Crippen LogP contribution in [0.2, 0.25) is 0 Å².